The highest BCUT2D eigenvalue weighted by Gasteiger charge is 2.25. The van der Waals surface area contributed by atoms with Crippen LogP contribution in [0.3, 0.4) is 0 Å². The predicted octanol–water partition coefficient (Wildman–Crippen LogP) is -0.212. The Morgan fingerprint density at radius 1 is 0.909 bits per heavy atom. The fraction of sp³-hybridized carbons (Fsp3) is 1.00. The molecule has 1 aliphatic rings. The van der Waals surface area contributed by atoms with Crippen molar-refractivity contribution in [3.63, 3.8) is 0 Å². The first-order valence-corrected chi connectivity index (χ1v) is 4.38. The van der Waals surface area contributed by atoms with Crippen LogP contribution in [0.1, 0.15) is 26.2 Å². The van der Waals surface area contributed by atoms with Gasteiger partial charge in [0.1, 0.15) is 0 Å². The molecule has 4 unspecified atom stereocenters. The van der Waals surface area contributed by atoms with Crippen molar-refractivity contribution in [3.05, 3.63) is 0 Å². The molecule has 0 aromatic heterocycles. The lowest BCUT2D eigenvalue weighted by atomic mass is 9.97. The molecular weight excluding hydrogens is 138 g/mol. The normalized spacial score (nSPS) is 46.9. The molecule has 6 N–H and O–H groups in total. The Morgan fingerprint density at radius 3 is 2.18 bits per heavy atom. The highest BCUT2D eigenvalue weighted by molar-refractivity contribution is 4.87. The van der Waals surface area contributed by atoms with Gasteiger partial charge >= 0.3 is 0 Å². The monoisotopic (exact) mass is 157 g/mol. The number of hydrogen-bond donors (Lipinski definition) is 3. The first-order chi connectivity index (χ1) is 5.11. The molecule has 1 fully saturated rings. The number of nitrogens with two attached hydrogens (primary N) is 3. The van der Waals surface area contributed by atoms with Crippen molar-refractivity contribution >= 4 is 0 Å². The first kappa shape index (κ1) is 8.97. The highest BCUT2D eigenvalue weighted by atomic mass is 14.8. The largest absolute Gasteiger partial charge is 0.327 e. The van der Waals surface area contributed by atoms with Crippen molar-refractivity contribution in [2.45, 2.75) is 44.3 Å². The van der Waals surface area contributed by atoms with Crippen molar-refractivity contribution in [2.24, 2.45) is 23.1 Å². The fourth-order valence-electron chi connectivity index (χ4n) is 1.60. The lowest BCUT2D eigenvalue weighted by Crippen LogP contribution is -2.43. The summed E-state index contributed by atoms with van der Waals surface area (Å²) in [6.45, 7) is 2.18. The van der Waals surface area contributed by atoms with Crippen LogP contribution in [0.2, 0.25) is 0 Å². The molecule has 0 spiro atoms. The van der Waals surface area contributed by atoms with Gasteiger partial charge in [-0.25, -0.2) is 0 Å². The molecule has 1 aliphatic carbocycles. The minimum atomic E-state index is 0.106. The van der Waals surface area contributed by atoms with Crippen molar-refractivity contribution in [1.82, 2.24) is 0 Å². The summed E-state index contributed by atoms with van der Waals surface area (Å²) in [5.74, 6) is 0.578. The summed E-state index contributed by atoms with van der Waals surface area (Å²) in [5, 5.41) is 0. The van der Waals surface area contributed by atoms with Crippen LogP contribution in [0.5, 0.6) is 0 Å². The summed E-state index contributed by atoms with van der Waals surface area (Å²) >= 11 is 0. The Morgan fingerprint density at radius 2 is 1.55 bits per heavy atom. The molecule has 0 radical (unpaired) electrons. The summed E-state index contributed by atoms with van der Waals surface area (Å²) in [4.78, 5) is 0. The number of rotatable bonds is 0. The van der Waals surface area contributed by atoms with Gasteiger partial charge in [0.25, 0.3) is 0 Å². The maximum atomic E-state index is 5.90. The van der Waals surface area contributed by atoms with Crippen molar-refractivity contribution in [1.29, 1.82) is 0 Å². The third-order valence-corrected chi connectivity index (χ3v) is 2.78. The predicted molar refractivity (Wildman–Crippen MR) is 46.9 cm³/mol. The maximum absolute atomic E-state index is 5.90. The van der Waals surface area contributed by atoms with Crippen LogP contribution in [0, 0.1) is 5.92 Å². The molecule has 3 nitrogen and oxygen atoms in total. The molecule has 66 valence electrons. The lowest BCUT2D eigenvalue weighted by molar-refractivity contribution is 0.422. The molecule has 0 saturated heterocycles. The third-order valence-electron chi connectivity index (χ3n) is 2.78. The summed E-state index contributed by atoms with van der Waals surface area (Å²) in [6.07, 6.45) is 3.02. The van der Waals surface area contributed by atoms with Crippen LogP contribution >= 0.6 is 0 Å². The average molecular weight is 157 g/mol. The fourth-order valence-corrected chi connectivity index (χ4v) is 1.60. The van der Waals surface area contributed by atoms with Gasteiger partial charge in [-0.1, -0.05) is 6.92 Å². The first-order valence-electron chi connectivity index (χ1n) is 4.38. The van der Waals surface area contributed by atoms with Gasteiger partial charge < -0.3 is 17.2 Å². The van der Waals surface area contributed by atoms with E-state index >= 15 is 0 Å². The van der Waals surface area contributed by atoms with Gasteiger partial charge in [-0.15, -0.1) is 0 Å². The SMILES string of the molecule is CC1CCC(N)C(N)CC1N. The molecule has 1 saturated carbocycles. The van der Waals surface area contributed by atoms with Gasteiger partial charge in [0.05, 0.1) is 0 Å². The highest BCUT2D eigenvalue weighted by Crippen LogP contribution is 2.20. The molecule has 4 atom stereocenters. The second-order valence-electron chi connectivity index (χ2n) is 3.78. The van der Waals surface area contributed by atoms with Crippen molar-refractivity contribution in [3.8, 4) is 0 Å². The zero-order chi connectivity index (χ0) is 8.43. The third kappa shape index (κ3) is 2.15. The molecule has 0 bridgehead atoms. The molecule has 1 rings (SSSR count). The van der Waals surface area contributed by atoms with Gasteiger partial charge in [0.15, 0.2) is 0 Å². The number of hydrogen-bond acceptors (Lipinski definition) is 3. The Kier molecular flexibility index (Phi) is 2.87. The maximum Gasteiger partial charge on any atom is 0.0207 e. The van der Waals surface area contributed by atoms with Crippen LogP contribution in [-0.2, 0) is 0 Å². The van der Waals surface area contributed by atoms with Gasteiger partial charge in [-0.2, -0.15) is 0 Å². The standard InChI is InChI=1S/C8H19N3/c1-5-2-3-6(9)8(11)4-7(5)10/h5-8H,2-4,9-11H2,1H3. The summed E-state index contributed by atoms with van der Waals surface area (Å²) in [6, 6.07) is 0.513. The molecule has 0 aromatic carbocycles. The van der Waals surface area contributed by atoms with Gasteiger partial charge in [-0.3, -0.25) is 0 Å². The van der Waals surface area contributed by atoms with Crippen LogP contribution in [-0.4, -0.2) is 18.1 Å². The Balaban J connectivity index is 2.51. The molecule has 11 heavy (non-hydrogen) atoms. The van der Waals surface area contributed by atoms with E-state index in [0.29, 0.717) is 5.92 Å². The minimum absolute atomic E-state index is 0.106. The van der Waals surface area contributed by atoms with Gasteiger partial charge in [0, 0.05) is 18.1 Å². The van der Waals surface area contributed by atoms with E-state index in [0.717, 1.165) is 19.3 Å². The summed E-state index contributed by atoms with van der Waals surface area (Å²) < 4.78 is 0. The summed E-state index contributed by atoms with van der Waals surface area (Å²) in [5.41, 5.74) is 17.5. The Labute approximate surface area is 68.3 Å². The summed E-state index contributed by atoms with van der Waals surface area (Å²) in [7, 11) is 0. The molecule has 0 heterocycles. The molecular formula is C8H19N3. The molecule has 0 amide bonds. The zero-order valence-corrected chi connectivity index (χ0v) is 7.16. The second-order valence-corrected chi connectivity index (χ2v) is 3.78. The van der Waals surface area contributed by atoms with Gasteiger partial charge in [0.2, 0.25) is 0 Å². The van der Waals surface area contributed by atoms with Crippen molar-refractivity contribution in [2.75, 3.05) is 0 Å². The second kappa shape index (κ2) is 3.52. The average Bonchev–Trinajstić information content (AvgIpc) is 2.05. The van der Waals surface area contributed by atoms with E-state index in [1.54, 1.807) is 0 Å². The lowest BCUT2D eigenvalue weighted by Gasteiger charge is -2.18. The Bertz CT molecular complexity index is 113. The van der Waals surface area contributed by atoms with E-state index in [1.165, 1.54) is 0 Å². The van der Waals surface area contributed by atoms with Crippen LogP contribution in [0.4, 0.5) is 0 Å². The zero-order valence-electron chi connectivity index (χ0n) is 7.16. The van der Waals surface area contributed by atoms with Crippen LogP contribution in [0.25, 0.3) is 0 Å². The van der Waals surface area contributed by atoms with Gasteiger partial charge in [-0.05, 0) is 25.2 Å². The molecule has 0 aliphatic heterocycles. The van der Waals surface area contributed by atoms with Crippen LogP contribution < -0.4 is 17.2 Å². The minimum Gasteiger partial charge on any atom is -0.327 e. The van der Waals surface area contributed by atoms with E-state index in [9.17, 15) is 0 Å². The van der Waals surface area contributed by atoms with E-state index < -0.39 is 0 Å². The smallest absolute Gasteiger partial charge is 0.0207 e. The molecule has 0 aromatic rings. The van der Waals surface area contributed by atoms with E-state index in [2.05, 4.69) is 6.92 Å². The van der Waals surface area contributed by atoms with E-state index in [4.69, 9.17) is 17.2 Å². The topological polar surface area (TPSA) is 78.1 Å². The van der Waals surface area contributed by atoms with Crippen LogP contribution in [0.15, 0.2) is 0 Å². The van der Waals surface area contributed by atoms with E-state index in [1.807, 2.05) is 0 Å². The van der Waals surface area contributed by atoms with Crippen molar-refractivity contribution < 1.29 is 0 Å². The Hall–Kier alpha value is -0.120. The van der Waals surface area contributed by atoms with E-state index in [-0.39, 0.29) is 18.1 Å². The quantitative estimate of drug-likeness (QED) is 0.426. The molecule has 3 heteroatoms.